The van der Waals surface area contributed by atoms with Gasteiger partial charge in [-0.15, -0.1) is 0 Å². The number of carbonyl (C=O) groups is 1. The molecule has 21 heavy (non-hydrogen) atoms. The van der Waals surface area contributed by atoms with Gasteiger partial charge in [-0.2, -0.15) is 0 Å². The SMILES string of the molecule is CCCC(Nc1ncnc2c(F)c(OC)ccc12)C(=O)O. The van der Waals surface area contributed by atoms with Gasteiger partial charge in [0.1, 0.15) is 23.7 Å². The van der Waals surface area contributed by atoms with Gasteiger partial charge in [-0.3, -0.25) is 0 Å². The Morgan fingerprint density at radius 3 is 2.86 bits per heavy atom. The molecule has 0 aliphatic heterocycles. The lowest BCUT2D eigenvalue weighted by Gasteiger charge is -2.15. The predicted molar refractivity (Wildman–Crippen MR) is 76.0 cm³/mol. The average Bonchev–Trinajstić information content (AvgIpc) is 2.47. The lowest BCUT2D eigenvalue weighted by atomic mass is 10.1. The lowest BCUT2D eigenvalue weighted by molar-refractivity contribution is -0.138. The van der Waals surface area contributed by atoms with Gasteiger partial charge >= 0.3 is 5.97 Å². The van der Waals surface area contributed by atoms with Crippen molar-refractivity contribution in [3.8, 4) is 5.75 Å². The molecule has 0 spiro atoms. The summed E-state index contributed by atoms with van der Waals surface area (Å²) < 4.78 is 19.0. The summed E-state index contributed by atoms with van der Waals surface area (Å²) in [6, 6.07) is 2.28. The summed E-state index contributed by atoms with van der Waals surface area (Å²) in [5.74, 6) is -1.20. The van der Waals surface area contributed by atoms with E-state index in [1.807, 2.05) is 6.92 Å². The van der Waals surface area contributed by atoms with Gasteiger partial charge in [0.15, 0.2) is 11.6 Å². The van der Waals surface area contributed by atoms with Crippen molar-refractivity contribution in [1.29, 1.82) is 0 Å². The van der Waals surface area contributed by atoms with E-state index in [2.05, 4.69) is 15.3 Å². The van der Waals surface area contributed by atoms with Crippen molar-refractivity contribution in [1.82, 2.24) is 9.97 Å². The van der Waals surface area contributed by atoms with Crippen LogP contribution in [-0.4, -0.2) is 34.2 Å². The van der Waals surface area contributed by atoms with Crippen LogP contribution in [0.5, 0.6) is 5.75 Å². The normalized spacial score (nSPS) is 12.1. The second-order valence-electron chi connectivity index (χ2n) is 4.52. The van der Waals surface area contributed by atoms with Crippen molar-refractivity contribution < 1.29 is 19.0 Å². The average molecular weight is 293 g/mol. The zero-order valence-electron chi connectivity index (χ0n) is 11.8. The number of hydrogen-bond acceptors (Lipinski definition) is 5. The largest absolute Gasteiger partial charge is 0.494 e. The van der Waals surface area contributed by atoms with Gasteiger partial charge < -0.3 is 15.2 Å². The standard InChI is InChI=1S/C14H16FN3O3/c1-3-4-9(14(19)20)18-13-8-5-6-10(21-2)11(15)12(8)16-7-17-13/h5-7,9H,3-4H2,1-2H3,(H,19,20)(H,16,17,18). The van der Waals surface area contributed by atoms with E-state index >= 15 is 0 Å². The molecule has 1 heterocycles. The van der Waals surface area contributed by atoms with Crippen molar-refractivity contribution in [2.75, 3.05) is 12.4 Å². The van der Waals surface area contributed by atoms with Crippen LogP contribution in [0.1, 0.15) is 19.8 Å². The van der Waals surface area contributed by atoms with Crippen LogP contribution in [0.2, 0.25) is 0 Å². The first kappa shape index (κ1) is 15.0. The van der Waals surface area contributed by atoms with Crippen LogP contribution in [0.15, 0.2) is 18.5 Å². The van der Waals surface area contributed by atoms with Crippen molar-refractivity contribution >= 4 is 22.7 Å². The molecule has 1 aromatic carbocycles. The lowest BCUT2D eigenvalue weighted by Crippen LogP contribution is -2.29. The maximum atomic E-state index is 14.1. The molecule has 1 unspecified atom stereocenters. The number of benzene rings is 1. The fourth-order valence-electron chi connectivity index (χ4n) is 2.06. The van der Waals surface area contributed by atoms with Crippen LogP contribution < -0.4 is 10.1 Å². The summed E-state index contributed by atoms with van der Waals surface area (Å²) in [7, 11) is 1.37. The third-order valence-corrected chi connectivity index (χ3v) is 3.12. The van der Waals surface area contributed by atoms with Crippen LogP contribution in [0, 0.1) is 5.82 Å². The topological polar surface area (TPSA) is 84.3 Å². The number of fused-ring (bicyclic) bond motifs is 1. The summed E-state index contributed by atoms with van der Waals surface area (Å²) >= 11 is 0. The molecule has 1 atom stereocenters. The molecular weight excluding hydrogens is 277 g/mol. The van der Waals surface area contributed by atoms with Gasteiger partial charge in [0.25, 0.3) is 0 Å². The van der Waals surface area contributed by atoms with E-state index in [-0.39, 0.29) is 11.3 Å². The second kappa shape index (κ2) is 6.34. The summed E-state index contributed by atoms with van der Waals surface area (Å²) in [5, 5.41) is 12.4. The monoisotopic (exact) mass is 293 g/mol. The van der Waals surface area contributed by atoms with E-state index in [1.54, 1.807) is 6.07 Å². The maximum absolute atomic E-state index is 14.1. The Morgan fingerprint density at radius 1 is 1.48 bits per heavy atom. The van der Waals surface area contributed by atoms with Crippen LogP contribution in [0.25, 0.3) is 10.9 Å². The number of rotatable bonds is 6. The fraction of sp³-hybridized carbons (Fsp3) is 0.357. The molecule has 0 aliphatic rings. The Bertz CT molecular complexity index is 663. The maximum Gasteiger partial charge on any atom is 0.326 e. The minimum absolute atomic E-state index is 0.0792. The Labute approximate surface area is 121 Å². The van der Waals surface area contributed by atoms with E-state index in [9.17, 15) is 14.3 Å². The van der Waals surface area contributed by atoms with Crippen LogP contribution in [0.4, 0.5) is 10.2 Å². The predicted octanol–water partition coefficient (Wildman–Crippen LogP) is 2.44. The second-order valence-corrected chi connectivity index (χ2v) is 4.52. The van der Waals surface area contributed by atoms with E-state index in [4.69, 9.17) is 4.74 Å². The first-order chi connectivity index (χ1) is 10.1. The zero-order chi connectivity index (χ0) is 15.4. The number of aliphatic carboxylic acids is 1. The molecule has 2 rings (SSSR count). The number of aromatic nitrogens is 2. The minimum Gasteiger partial charge on any atom is -0.494 e. The number of hydrogen-bond donors (Lipinski definition) is 2. The van der Waals surface area contributed by atoms with Crippen molar-refractivity contribution in [3.63, 3.8) is 0 Å². The third kappa shape index (κ3) is 3.01. The Morgan fingerprint density at radius 2 is 2.24 bits per heavy atom. The first-order valence-corrected chi connectivity index (χ1v) is 6.55. The van der Waals surface area contributed by atoms with E-state index in [1.165, 1.54) is 19.5 Å². The van der Waals surface area contributed by atoms with Crippen molar-refractivity contribution in [3.05, 3.63) is 24.3 Å². The highest BCUT2D eigenvalue weighted by Crippen LogP contribution is 2.28. The van der Waals surface area contributed by atoms with Gasteiger partial charge in [0.2, 0.25) is 0 Å². The number of ether oxygens (including phenoxy) is 1. The number of nitrogens with one attached hydrogen (secondary N) is 1. The molecule has 7 heteroatoms. The first-order valence-electron chi connectivity index (χ1n) is 6.55. The molecule has 0 fully saturated rings. The molecule has 0 radical (unpaired) electrons. The molecule has 0 amide bonds. The van der Waals surface area contributed by atoms with Crippen molar-refractivity contribution in [2.24, 2.45) is 0 Å². The number of carboxylic acids is 1. The third-order valence-electron chi connectivity index (χ3n) is 3.12. The Hall–Kier alpha value is -2.44. The molecular formula is C14H16FN3O3. The molecule has 2 aromatic rings. The summed E-state index contributed by atoms with van der Waals surface area (Å²) in [5.41, 5.74) is 0.0903. The van der Waals surface area contributed by atoms with Crippen LogP contribution in [-0.2, 0) is 4.79 Å². The van der Waals surface area contributed by atoms with E-state index in [0.717, 1.165) is 0 Å². The zero-order valence-corrected chi connectivity index (χ0v) is 11.8. The van der Waals surface area contributed by atoms with Gasteiger partial charge in [0.05, 0.1) is 7.11 Å². The number of halogens is 1. The van der Waals surface area contributed by atoms with Gasteiger partial charge in [-0.05, 0) is 18.6 Å². The van der Waals surface area contributed by atoms with E-state index in [0.29, 0.717) is 24.0 Å². The number of methoxy groups -OCH3 is 1. The quantitative estimate of drug-likeness (QED) is 0.851. The summed E-state index contributed by atoms with van der Waals surface area (Å²) in [6.45, 7) is 1.89. The molecule has 1 aromatic heterocycles. The number of carboxylic acid groups (broad SMARTS) is 1. The highest BCUT2D eigenvalue weighted by molar-refractivity contribution is 5.91. The number of nitrogens with zero attached hydrogens (tertiary/aromatic N) is 2. The molecule has 0 saturated heterocycles. The highest BCUT2D eigenvalue weighted by atomic mass is 19.1. The Kier molecular flexibility index (Phi) is 4.52. The summed E-state index contributed by atoms with van der Waals surface area (Å²) in [4.78, 5) is 19.1. The number of anilines is 1. The smallest absolute Gasteiger partial charge is 0.326 e. The van der Waals surface area contributed by atoms with Crippen LogP contribution in [0.3, 0.4) is 0 Å². The highest BCUT2D eigenvalue weighted by Gasteiger charge is 2.19. The van der Waals surface area contributed by atoms with Crippen molar-refractivity contribution in [2.45, 2.75) is 25.8 Å². The molecule has 0 saturated carbocycles. The van der Waals surface area contributed by atoms with Gasteiger partial charge in [0, 0.05) is 5.39 Å². The molecule has 2 N–H and O–H groups in total. The Balaban J connectivity index is 2.45. The van der Waals surface area contributed by atoms with Gasteiger partial charge in [-0.25, -0.2) is 19.2 Å². The molecule has 112 valence electrons. The van der Waals surface area contributed by atoms with E-state index < -0.39 is 17.8 Å². The minimum atomic E-state index is -0.974. The molecule has 6 nitrogen and oxygen atoms in total. The molecule has 0 aliphatic carbocycles. The fourth-order valence-corrected chi connectivity index (χ4v) is 2.06. The van der Waals surface area contributed by atoms with Gasteiger partial charge in [-0.1, -0.05) is 13.3 Å². The summed E-state index contributed by atoms with van der Waals surface area (Å²) in [6.07, 6.45) is 2.34. The van der Waals surface area contributed by atoms with Crippen LogP contribution >= 0.6 is 0 Å². The molecule has 0 bridgehead atoms.